The van der Waals surface area contributed by atoms with Gasteiger partial charge in [-0.25, -0.2) is 20.3 Å². The number of carboxylic acids is 1. The van der Waals surface area contributed by atoms with E-state index in [1.807, 2.05) is 0 Å². The maximum atomic E-state index is 12.2. The summed E-state index contributed by atoms with van der Waals surface area (Å²) in [6.07, 6.45) is 5.65. The van der Waals surface area contributed by atoms with Crippen molar-refractivity contribution in [1.82, 2.24) is 41.5 Å². The normalized spacial score (nSPS) is 10.6. The van der Waals surface area contributed by atoms with E-state index in [1.54, 1.807) is 0 Å². The van der Waals surface area contributed by atoms with Gasteiger partial charge >= 0.3 is 5.97 Å². The molecule has 9 N–H and O–H groups in total. The van der Waals surface area contributed by atoms with Crippen molar-refractivity contribution >= 4 is 53.2 Å². The third-order valence-corrected chi connectivity index (χ3v) is 8.97. The van der Waals surface area contributed by atoms with Crippen LogP contribution in [0.15, 0.2) is 0 Å². The fraction of sp³-hybridized carbons (Fsp3) is 0.763. The Morgan fingerprint density at radius 2 is 0.600 bits per heavy atom. The van der Waals surface area contributed by atoms with Gasteiger partial charge in [0.1, 0.15) is 0 Å². The van der Waals surface area contributed by atoms with Crippen LogP contribution in [-0.4, -0.2) is 152 Å². The molecule has 0 rings (SSSR count). The average molecular weight is 861 g/mol. The molecule has 0 bridgehead atoms. The number of hydrogen-bond acceptors (Lipinski definition) is 13. The predicted octanol–water partition coefficient (Wildman–Crippen LogP) is 1.23. The molecule has 0 saturated carbocycles. The van der Waals surface area contributed by atoms with Gasteiger partial charge in [0.2, 0.25) is 47.3 Å². The monoisotopic (exact) mass is 860 g/mol. The Hall–Kier alpha value is -4.93. The number of aliphatic carboxylic acids is 1. The summed E-state index contributed by atoms with van der Waals surface area (Å²) in [6, 6.07) is 0. The van der Waals surface area contributed by atoms with Crippen LogP contribution in [-0.2, 0) is 43.2 Å². The topological polar surface area (TPSA) is 316 Å². The van der Waals surface area contributed by atoms with Crippen LogP contribution >= 0.6 is 0 Å². The molecular formula is C38H68N8O14. The first-order valence-corrected chi connectivity index (χ1v) is 20.8. The zero-order valence-electron chi connectivity index (χ0n) is 35.0. The van der Waals surface area contributed by atoms with Crippen LogP contribution in [0.1, 0.15) is 135 Å². The first kappa shape index (κ1) is 55.1. The second kappa shape index (κ2) is 34.9. The highest BCUT2D eigenvalue weighted by atomic mass is 16.5. The van der Waals surface area contributed by atoms with Crippen LogP contribution in [0.5, 0.6) is 0 Å². The molecule has 0 atom stereocenters. The van der Waals surface area contributed by atoms with Crippen molar-refractivity contribution in [2.75, 3.05) is 52.4 Å². The van der Waals surface area contributed by atoms with Crippen molar-refractivity contribution in [2.24, 2.45) is 0 Å². The minimum atomic E-state index is -1.05. The van der Waals surface area contributed by atoms with E-state index in [9.17, 15) is 64.0 Å². The lowest BCUT2D eigenvalue weighted by Gasteiger charge is -2.15. The van der Waals surface area contributed by atoms with E-state index in [4.69, 9.17) is 5.11 Å². The number of unbranched alkanes of at least 4 members (excludes halogenated alkanes) is 8. The number of hydroxylamine groups is 8. The summed E-state index contributed by atoms with van der Waals surface area (Å²) in [7, 11) is 0. The molecule has 0 heterocycles. The second-order valence-electron chi connectivity index (χ2n) is 14.2. The Labute approximate surface area is 351 Å². The highest BCUT2D eigenvalue weighted by Crippen LogP contribution is 2.05. The molecule has 344 valence electrons. The highest BCUT2D eigenvalue weighted by molar-refractivity contribution is 5.84. The maximum absolute atomic E-state index is 12.2. The Balaban J connectivity index is 3.83. The van der Waals surface area contributed by atoms with Crippen LogP contribution in [0.4, 0.5) is 0 Å². The van der Waals surface area contributed by atoms with E-state index in [-0.39, 0.29) is 101 Å². The van der Waals surface area contributed by atoms with Gasteiger partial charge in [-0.15, -0.1) is 0 Å². The summed E-state index contributed by atoms with van der Waals surface area (Å²) in [4.78, 5) is 105. The van der Waals surface area contributed by atoms with Crippen molar-refractivity contribution in [2.45, 2.75) is 135 Å². The lowest BCUT2D eigenvalue weighted by Crippen LogP contribution is -2.32. The number of hydrogen-bond donors (Lipinski definition) is 9. The second-order valence-corrected chi connectivity index (χ2v) is 14.2. The Morgan fingerprint density at radius 1 is 0.350 bits per heavy atom. The van der Waals surface area contributed by atoms with Gasteiger partial charge in [0.05, 0.1) is 6.42 Å². The summed E-state index contributed by atoms with van der Waals surface area (Å²) >= 11 is 0. The van der Waals surface area contributed by atoms with E-state index in [0.29, 0.717) is 123 Å². The lowest BCUT2D eigenvalue weighted by atomic mass is 10.2. The van der Waals surface area contributed by atoms with Gasteiger partial charge in [-0.2, -0.15) is 0 Å². The number of nitrogens with zero attached hydrogens (tertiary/aromatic N) is 4. The minimum absolute atomic E-state index is 0.0465. The quantitative estimate of drug-likeness (QED) is 0.0243. The van der Waals surface area contributed by atoms with Crippen molar-refractivity contribution < 1.29 is 69.1 Å². The summed E-state index contributed by atoms with van der Waals surface area (Å²) < 4.78 is 0. The Morgan fingerprint density at radius 3 is 0.850 bits per heavy atom. The molecule has 0 aromatic carbocycles. The third-order valence-electron chi connectivity index (χ3n) is 8.97. The SMILES string of the molecule is CC(=O)N(O)CCCCCNC(=O)CCC(=O)N(O)CCCCCNC(=O)CCC(=O)N(O)CCCCCNC(=O)CCC(=O)N(O)CCCCCNC(=O)CCC(=O)O. The van der Waals surface area contributed by atoms with Crippen molar-refractivity contribution in [3.05, 3.63) is 0 Å². The standard InChI is InChI=1S/C38H68N8O14/c1-30(47)43(57)26-10-2-6-22-39-31(48)14-18-35(52)44(58)27-11-3-7-23-40-32(49)15-19-36(53)45(59)28-12-4-8-24-41-33(50)16-20-37(54)46(60)29-13-5-9-25-42-34(51)17-21-38(55)56/h57-60H,2-29H2,1H3,(H,39,48)(H,40,49)(H,41,50)(H,42,51)(H,55,56). The van der Waals surface area contributed by atoms with E-state index < -0.39 is 29.6 Å². The molecule has 0 saturated heterocycles. The summed E-state index contributed by atoms with van der Waals surface area (Å²) in [6.45, 7) is 3.04. The average Bonchev–Trinajstić information content (AvgIpc) is 3.21. The number of rotatable bonds is 36. The molecular weight excluding hydrogens is 792 g/mol. The smallest absolute Gasteiger partial charge is 0.303 e. The van der Waals surface area contributed by atoms with E-state index in [1.165, 1.54) is 6.92 Å². The number of nitrogens with one attached hydrogen (secondary N) is 4. The highest BCUT2D eigenvalue weighted by Gasteiger charge is 2.16. The molecule has 8 amide bonds. The Kier molecular flexibility index (Phi) is 32.0. The van der Waals surface area contributed by atoms with Gasteiger partial charge in [-0.05, 0) is 77.0 Å². The fourth-order valence-corrected chi connectivity index (χ4v) is 5.32. The zero-order valence-corrected chi connectivity index (χ0v) is 35.0. The number of carbonyl (C=O) groups excluding carboxylic acids is 8. The fourth-order valence-electron chi connectivity index (χ4n) is 5.32. The Bertz CT molecular complexity index is 1340. The van der Waals surface area contributed by atoms with Crippen LogP contribution < -0.4 is 21.3 Å². The largest absolute Gasteiger partial charge is 0.481 e. The molecule has 0 aromatic rings. The van der Waals surface area contributed by atoms with Crippen LogP contribution in [0.3, 0.4) is 0 Å². The number of carbonyl (C=O) groups is 9. The first-order chi connectivity index (χ1) is 28.5. The molecule has 0 radical (unpaired) electrons. The molecule has 0 aliphatic carbocycles. The molecule has 0 aliphatic rings. The van der Waals surface area contributed by atoms with Gasteiger partial charge in [-0.3, -0.25) is 64.0 Å². The molecule has 0 spiro atoms. The van der Waals surface area contributed by atoms with Gasteiger partial charge in [-0.1, -0.05) is 0 Å². The van der Waals surface area contributed by atoms with Crippen LogP contribution in [0, 0.1) is 0 Å². The zero-order chi connectivity index (χ0) is 45.1. The molecule has 0 fully saturated rings. The van der Waals surface area contributed by atoms with Crippen molar-refractivity contribution in [3.8, 4) is 0 Å². The minimum Gasteiger partial charge on any atom is -0.481 e. The molecule has 0 unspecified atom stereocenters. The number of amides is 8. The van der Waals surface area contributed by atoms with Gasteiger partial charge in [0.25, 0.3) is 0 Å². The summed E-state index contributed by atoms with van der Waals surface area (Å²) in [5.41, 5.74) is 0. The molecule has 22 nitrogen and oxygen atoms in total. The van der Waals surface area contributed by atoms with E-state index in [2.05, 4.69) is 21.3 Å². The van der Waals surface area contributed by atoms with E-state index in [0.717, 1.165) is 0 Å². The molecule has 60 heavy (non-hydrogen) atoms. The van der Waals surface area contributed by atoms with Gasteiger partial charge in [0.15, 0.2) is 0 Å². The van der Waals surface area contributed by atoms with Crippen molar-refractivity contribution in [3.63, 3.8) is 0 Å². The molecule has 0 aliphatic heterocycles. The maximum Gasteiger partial charge on any atom is 0.303 e. The van der Waals surface area contributed by atoms with Crippen LogP contribution in [0.2, 0.25) is 0 Å². The summed E-state index contributed by atoms with van der Waals surface area (Å²) in [5, 5.41) is 60.7. The number of carboxylic acid groups (broad SMARTS) is 1. The summed E-state index contributed by atoms with van der Waals surface area (Å²) in [5.74, 6) is -4.68. The third kappa shape index (κ3) is 32.0. The van der Waals surface area contributed by atoms with Gasteiger partial charge < -0.3 is 26.4 Å². The van der Waals surface area contributed by atoms with Crippen molar-refractivity contribution in [1.29, 1.82) is 0 Å². The molecule has 22 heteroatoms. The first-order valence-electron chi connectivity index (χ1n) is 20.8. The van der Waals surface area contributed by atoms with E-state index >= 15 is 0 Å². The predicted molar refractivity (Wildman–Crippen MR) is 212 cm³/mol. The lowest BCUT2D eigenvalue weighted by molar-refractivity contribution is -0.166. The van der Waals surface area contributed by atoms with Crippen LogP contribution in [0.25, 0.3) is 0 Å². The molecule has 0 aromatic heterocycles. The van der Waals surface area contributed by atoms with Gasteiger partial charge in [0, 0.05) is 104 Å².